The van der Waals surface area contributed by atoms with Crippen molar-refractivity contribution in [2.45, 2.75) is 0 Å². The Kier molecular flexibility index (Phi) is 19.5. The number of hydrogen-bond acceptors (Lipinski definition) is 16. The van der Waals surface area contributed by atoms with E-state index in [0.717, 1.165) is 193 Å². The van der Waals surface area contributed by atoms with Crippen LogP contribution in [0.25, 0.3) is 233 Å². The van der Waals surface area contributed by atoms with Gasteiger partial charge in [-0.25, -0.2) is 34.9 Å². The second-order valence-electron chi connectivity index (χ2n) is 30.4. The van der Waals surface area contributed by atoms with Gasteiger partial charge in [-0.3, -0.25) is 44.9 Å². The van der Waals surface area contributed by atoms with Gasteiger partial charge >= 0.3 is 0 Å². The fourth-order valence-electron chi connectivity index (χ4n) is 16.7. The second-order valence-corrected chi connectivity index (χ2v) is 30.4. The van der Waals surface area contributed by atoms with Crippen molar-refractivity contribution in [2.24, 2.45) is 0 Å². The fraction of sp³-hybridized carbons (Fsp3) is 0. The minimum atomic E-state index is 0.566. The molecule has 0 N–H and O–H groups in total. The average molecular weight is 1610 g/mol. The Bertz CT molecular complexity index is 7650. The Morgan fingerprint density at radius 2 is 0.476 bits per heavy atom. The van der Waals surface area contributed by atoms with Crippen LogP contribution in [0.2, 0.25) is 0 Å². The Balaban J connectivity index is 0.000000112. The van der Waals surface area contributed by atoms with Gasteiger partial charge in [0.1, 0.15) is 0 Å². The normalized spacial score (nSPS) is 11.3. The number of para-hydroxylation sites is 4. The third-order valence-electron chi connectivity index (χ3n) is 22.8. The molecule has 0 aliphatic heterocycles. The summed E-state index contributed by atoms with van der Waals surface area (Å²) in [6.07, 6.45) is 16.4. The molecule has 0 amide bonds. The summed E-state index contributed by atoms with van der Waals surface area (Å²) in [6, 6.07) is 122. The van der Waals surface area contributed by atoms with E-state index in [-0.39, 0.29) is 0 Å². The van der Waals surface area contributed by atoms with E-state index in [2.05, 4.69) is 240 Å². The van der Waals surface area contributed by atoms with Crippen molar-refractivity contribution in [3.8, 4) is 135 Å². The first-order valence-electron chi connectivity index (χ1n) is 41.4. The molecule has 12 aromatic carbocycles. The summed E-state index contributed by atoms with van der Waals surface area (Å²) in [5.74, 6) is 3.52. The maximum Gasteiger partial charge on any atom is 0.166 e. The highest BCUT2D eigenvalue weighted by Gasteiger charge is 2.22. The summed E-state index contributed by atoms with van der Waals surface area (Å²) >= 11 is 0. The number of pyridine rings is 10. The molecule has 0 spiro atoms. The number of fused-ring (bicyclic) bond motifs is 9. The van der Waals surface area contributed by atoms with Crippen LogP contribution in [-0.4, -0.2) is 79.7 Å². The lowest BCUT2D eigenvalue weighted by molar-refractivity contribution is 1.08. The summed E-state index contributed by atoms with van der Waals surface area (Å²) in [4.78, 5) is 76.5. The van der Waals surface area contributed by atoms with Crippen molar-refractivity contribution in [3.05, 3.63) is 414 Å². The molecule has 0 fully saturated rings. The molecule has 12 heterocycles. The van der Waals surface area contributed by atoms with Crippen molar-refractivity contribution in [1.29, 1.82) is 0 Å². The Hall–Kier alpha value is -17.5. The average Bonchev–Trinajstić information content (AvgIpc) is 0.772. The molecule has 0 aliphatic carbocycles. The molecule has 0 atom stereocenters. The SMILES string of the molecule is c1ccc2c(-c3ccc(-c4cc(-c5ccnc6ccccc56)nc(-c5ccnc6ccccc56)c4)cc3)nccc2c1.c1cnc2c(-c3nc(-c4ccc(-c5cccc6ncccc56)cc4)nc(-c4cccc5cccnc45)n3)cccc2c1.c1cnc2ccc(-c3ccc(-c4nc(-c5cccc6ncccc56)nc(-c5cccc6ncccc56)n4)cc3)cc2c1. The van der Waals surface area contributed by atoms with Gasteiger partial charge in [0, 0.05) is 154 Å². The Morgan fingerprint density at radius 3 is 1.01 bits per heavy atom. The monoisotopic (exact) mass is 1610 g/mol. The topological polar surface area (TPSA) is 206 Å². The largest absolute Gasteiger partial charge is 0.256 e. The third-order valence-corrected chi connectivity index (χ3v) is 22.8. The molecule has 0 radical (unpaired) electrons. The van der Waals surface area contributed by atoms with E-state index in [1.54, 1.807) is 24.8 Å². The second kappa shape index (κ2) is 32.9. The highest BCUT2D eigenvalue weighted by atomic mass is 15.0. The molecule has 16 heteroatoms. The van der Waals surface area contributed by atoms with Crippen molar-refractivity contribution < 1.29 is 0 Å². The zero-order valence-corrected chi connectivity index (χ0v) is 67.4. The van der Waals surface area contributed by atoms with Crippen molar-refractivity contribution in [2.75, 3.05) is 0 Å². The zero-order valence-electron chi connectivity index (χ0n) is 67.4. The van der Waals surface area contributed by atoms with Gasteiger partial charge in [0.15, 0.2) is 34.9 Å². The van der Waals surface area contributed by atoms with Crippen LogP contribution in [0.4, 0.5) is 0 Å². The van der Waals surface area contributed by atoms with Crippen LogP contribution >= 0.6 is 0 Å². The molecule has 24 rings (SSSR count). The Labute approximate surface area is 722 Å². The molecule has 0 aliphatic rings. The molecular formula is C110H68N16. The van der Waals surface area contributed by atoms with E-state index in [4.69, 9.17) is 39.9 Å². The lowest BCUT2D eigenvalue weighted by atomic mass is 9.96. The number of benzene rings is 12. The lowest BCUT2D eigenvalue weighted by Gasteiger charge is -2.13. The molecule has 588 valence electrons. The van der Waals surface area contributed by atoms with Crippen LogP contribution in [0.15, 0.2) is 414 Å². The van der Waals surface area contributed by atoms with Crippen LogP contribution in [-0.2, 0) is 0 Å². The van der Waals surface area contributed by atoms with E-state index in [0.29, 0.717) is 34.9 Å². The first kappa shape index (κ1) is 74.8. The molecule has 12 aromatic heterocycles. The quantitative estimate of drug-likeness (QED) is 0.111. The molecular weight excluding hydrogens is 1550 g/mol. The van der Waals surface area contributed by atoms with Gasteiger partial charge in [-0.05, 0) is 160 Å². The molecule has 0 saturated carbocycles. The van der Waals surface area contributed by atoms with E-state index in [9.17, 15) is 0 Å². The summed E-state index contributed by atoms with van der Waals surface area (Å²) in [6.45, 7) is 0. The van der Waals surface area contributed by atoms with E-state index >= 15 is 0 Å². The van der Waals surface area contributed by atoms with Crippen LogP contribution in [0.1, 0.15) is 0 Å². The first-order valence-corrected chi connectivity index (χ1v) is 41.4. The van der Waals surface area contributed by atoms with Gasteiger partial charge in [-0.2, -0.15) is 0 Å². The minimum absolute atomic E-state index is 0.566. The zero-order chi connectivity index (χ0) is 83.6. The van der Waals surface area contributed by atoms with Gasteiger partial charge < -0.3 is 0 Å². The third kappa shape index (κ3) is 14.6. The predicted octanol–water partition coefficient (Wildman–Crippen LogP) is 25.8. The summed E-state index contributed by atoms with van der Waals surface area (Å²) in [7, 11) is 0. The van der Waals surface area contributed by atoms with Gasteiger partial charge in [0.25, 0.3) is 0 Å². The molecule has 0 saturated heterocycles. The summed E-state index contributed by atoms with van der Waals surface area (Å²) in [5, 5.41) is 10.7. The molecule has 126 heavy (non-hydrogen) atoms. The van der Waals surface area contributed by atoms with E-state index in [1.807, 2.05) is 189 Å². The highest BCUT2D eigenvalue weighted by molar-refractivity contribution is 6.02. The van der Waals surface area contributed by atoms with E-state index < -0.39 is 0 Å². The Morgan fingerprint density at radius 1 is 0.143 bits per heavy atom. The van der Waals surface area contributed by atoms with Crippen molar-refractivity contribution >= 4 is 98.0 Å². The smallest absolute Gasteiger partial charge is 0.166 e. The van der Waals surface area contributed by atoms with Gasteiger partial charge in [-0.1, -0.05) is 237 Å². The maximum atomic E-state index is 5.23. The first-order chi connectivity index (χ1) is 62.4. The molecule has 0 bridgehead atoms. The van der Waals surface area contributed by atoms with Gasteiger partial charge in [-0.15, -0.1) is 0 Å². The van der Waals surface area contributed by atoms with E-state index in [1.165, 1.54) is 5.39 Å². The molecule has 0 unspecified atom stereocenters. The highest BCUT2D eigenvalue weighted by Crippen LogP contribution is 2.40. The van der Waals surface area contributed by atoms with Crippen LogP contribution in [0.5, 0.6) is 0 Å². The standard InChI is InChI=1S/C38H24N4.2C36H22N6/c1-2-8-29-26(7-1)17-20-41-38(29)27-15-13-25(14-16-27)28-23-36(32-18-21-39-34-11-5-3-9-30(32)34)42-37(24-28)33-19-22-40-35-12-6-4-10-31(33)35;1-7-24-9-4-21-38-32(24)29(12-1)35-40-34(41-36(42-35)30-13-2-8-25-10-5-22-39-33(25)30)26-18-16-23(17-19-26)27-11-3-15-31-28(27)14-6-20-37-31;1-7-29(27-9-4-20-38-32(27)11-1)35-40-34(41-36(42-35)30-8-2-12-33-28(30)10-5-21-39-33)24-15-13-23(14-16-24)25-17-18-31-26(22-25)6-3-19-37-31/h1-24H;2*1-22H. The predicted molar refractivity (Wildman–Crippen MR) is 507 cm³/mol. The van der Waals surface area contributed by atoms with Crippen LogP contribution in [0.3, 0.4) is 0 Å². The van der Waals surface area contributed by atoms with Crippen molar-refractivity contribution in [3.63, 3.8) is 0 Å². The number of nitrogens with zero attached hydrogens (tertiary/aromatic N) is 16. The minimum Gasteiger partial charge on any atom is -0.256 e. The number of aromatic nitrogens is 16. The van der Waals surface area contributed by atoms with Gasteiger partial charge in [0.05, 0.1) is 61.2 Å². The summed E-state index contributed by atoms with van der Waals surface area (Å²) < 4.78 is 0. The maximum absolute atomic E-state index is 5.23. The lowest BCUT2D eigenvalue weighted by Crippen LogP contribution is -2.01. The van der Waals surface area contributed by atoms with Crippen LogP contribution in [0, 0.1) is 0 Å². The van der Waals surface area contributed by atoms with Crippen molar-refractivity contribution in [1.82, 2.24) is 79.7 Å². The van der Waals surface area contributed by atoms with Crippen LogP contribution < -0.4 is 0 Å². The number of rotatable bonds is 12. The van der Waals surface area contributed by atoms with Gasteiger partial charge in [0.2, 0.25) is 0 Å². The summed E-state index contributed by atoms with van der Waals surface area (Å²) in [5.41, 5.74) is 25.3. The molecule has 24 aromatic rings. The number of hydrogen-bond donors (Lipinski definition) is 0. The molecule has 16 nitrogen and oxygen atoms in total. The fourth-order valence-corrected chi connectivity index (χ4v) is 16.7.